The maximum Gasteiger partial charge on any atom is 0.0673 e. The molecule has 0 amide bonds. The first-order chi connectivity index (χ1) is 4.41. The monoisotopic (exact) mass is 128 g/mol. The van der Waals surface area contributed by atoms with Gasteiger partial charge in [-0.1, -0.05) is 0 Å². The lowest BCUT2D eigenvalue weighted by Crippen LogP contribution is -2.72. The third-order valence-electron chi connectivity index (χ3n) is 2.05. The Labute approximate surface area is 54.8 Å². The standard InChI is InChI=1S/C6H12N2O/c1-2-9-5-6(8-1)3-7-4-6/h7-8H,1-5H2. The SMILES string of the molecule is C1COCC2(CNC2)N1. The van der Waals surface area contributed by atoms with E-state index in [2.05, 4.69) is 10.6 Å². The van der Waals surface area contributed by atoms with Crippen molar-refractivity contribution in [2.45, 2.75) is 5.54 Å². The van der Waals surface area contributed by atoms with Crippen molar-refractivity contribution in [2.24, 2.45) is 0 Å². The molecule has 0 aromatic carbocycles. The predicted molar refractivity (Wildman–Crippen MR) is 34.4 cm³/mol. The van der Waals surface area contributed by atoms with E-state index in [9.17, 15) is 0 Å². The van der Waals surface area contributed by atoms with E-state index in [4.69, 9.17) is 4.74 Å². The van der Waals surface area contributed by atoms with Crippen LogP contribution in [0.1, 0.15) is 0 Å². The minimum Gasteiger partial charge on any atom is -0.378 e. The van der Waals surface area contributed by atoms with Gasteiger partial charge < -0.3 is 15.4 Å². The van der Waals surface area contributed by atoms with Gasteiger partial charge in [-0.05, 0) is 0 Å². The Morgan fingerprint density at radius 3 is 2.56 bits per heavy atom. The van der Waals surface area contributed by atoms with Crippen LogP contribution >= 0.6 is 0 Å². The Morgan fingerprint density at radius 1 is 1.33 bits per heavy atom. The minimum absolute atomic E-state index is 0.318. The maximum absolute atomic E-state index is 5.32. The molecule has 1 spiro atoms. The molecule has 2 saturated heterocycles. The van der Waals surface area contributed by atoms with E-state index in [-0.39, 0.29) is 0 Å². The second-order valence-corrected chi connectivity index (χ2v) is 2.86. The molecule has 2 rings (SSSR count). The summed E-state index contributed by atoms with van der Waals surface area (Å²) in [6, 6.07) is 0. The Morgan fingerprint density at radius 2 is 2.22 bits per heavy atom. The molecule has 0 unspecified atom stereocenters. The van der Waals surface area contributed by atoms with Crippen molar-refractivity contribution >= 4 is 0 Å². The van der Waals surface area contributed by atoms with Crippen molar-refractivity contribution in [3.8, 4) is 0 Å². The third kappa shape index (κ3) is 0.852. The van der Waals surface area contributed by atoms with Gasteiger partial charge in [0, 0.05) is 19.6 Å². The third-order valence-corrected chi connectivity index (χ3v) is 2.05. The van der Waals surface area contributed by atoms with Crippen LogP contribution in [0.4, 0.5) is 0 Å². The van der Waals surface area contributed by atoms with Crippen LogP contribution in [-0.2, 0) is 4.74 Å². The van der Waals surface area contributed by atoms with Crippen LogP contribution in [0.3, 0.4) is 0 Å². The van der Waals surface area contributed by atoms with Crippen LogP contribution in [0.2, 0.25) is 0 Å². The highest BCUT2D eigenvalue weighted by Crippen LogP contribution is 2.13. The van der Waals surface area contributed by atoms with Crippen LogP contribution < -0.4 is 10.6 Å². The van der Waals surface area contributed by atoms with Crippen molar-refractivity contribution in [3.05, 3.63) is 0 Å². The summed E-state index contributed by atoms with van der Waals surface area (Å²) in [6.07, 6.45) is 0. The van der Waals surface area contributed by atoms with Gasteiger partial charge in [-0.25, -0.2) is 0 Å². The van der Waals surface area contributed by atoms with Gasteiger partial charge in [0.15, 0.2) is 0 Å². The van der Waals surface area contributed by atoms with Crippen LogP contribution in [-0.4, -0.2) is 38.4 Å². The molecule has 2 aliphatic rings. The molecule has 2 aliphatic heterocycles. The van der Waals surface area contributed by atoms with Crippen molar-refractivity contribution < 1.29 is 4.74 Å². The van der Waals surface area contributed by atoms with Gasteiger partial charge in [-0.15, -0.1) is 0 Å². The summed E-state index contributed by atoms with van der Waals surface area (Å²) in [7, 11) is 0. The van der Waals surface area contributed by atoms with E-state index in [1.807, 2.05) is 0 Å². The van der Waals surface area contributed by atoms with Crippen molar-refractivity contribution in [1.82, 2.24) is 10.6 Å². The second kappa shape index (κ2) is 1.94. The zero-order valence-corrected chi connectivity index (χ0v) is 5.44. The summed E-state index contributed by atoms with van der Waals surface area (Å²) in [4.78, 5) is 0. The molecule has 3 heteroatoms. The molecule has 3 nitrogen and oxygen atoms in total. The molecule has 0 aromatic heterocycles. The smallest absolute Gasteiger partial charge is 0.0673 e. The molecule has 0 aliphatic carbocycles. The Kier molecular flexibility index (Phi) is 1.22. The van der Waals surface area contributed by atoms with Gasteiger partial charge in [0.25, 0.3) is 0 Å². The first-order valence-electron chi connectivity index (χ1n) is 3.45. The van der Waals surface area contributed by atoms with Gasteiger partial charge in [-0.3, -0.25) is 0 Å². The fourth-order valence-electron chi connectivity index (χ4n) is 1.36. The fraction of sp³-hybridized carbons (Fsp3) is 1.00. The highest BCUT2D eigenvalue weighted by Gasteiger charge is 2.38. The van der Waals surface area contributed by atoms with Crippen LogP contribution in [0, 0.1) is 0 Å². The molecule has 2 N–H and O–H groups in total. The average molecular weight is 128 g/mol. The van der Waals surface area contributed by atoms with Gasteiger partial charge in [0.2, 0.25) is 0 Å². The van der Waals surface area contributed by atoms with Crippen LogP contribution in [0.5, 0.6) is 0 Å². The van der Waals surface area contributed by atoms with Gasteiger partial charge in [0.1, 0.15) is 0 Å². The molecule has 0 aromatic rings. The number of morpholine rings is 1. The minimum atomic E-state index is 0.318. The van der Waals surface area contributed by atoms with Gasteiger partial charge in [0.05, 0.1) is 18.8 Å². The predicted octanol–water partition coefficient (Wildman–Crippen LogP) is -1.05. The zero-order valence-electron chi connectivity index (χ0n) is 5.44. The van der Waals surface area contributed by atoms with Gasteiger partial charge in [-0.2, -0.15) is 0 Å². The number of ether oxygens (including phenoxy) is 1. The van der Waals surface area contributed by atoms with Gasteiger partial charge >= 0.3 is 0 Å². The van der Waals surface area contributed by atoms with Crippen molar-refractivity contribution in [3.63, 3.8) is 0 Å². The first-order valence-corrected chi connectivity index (χ1v) is 3.45. The Balaban J connectivity index is 1.93. The van der Waals surface area contributed by atoms with E-state index in [0.717, 1.165) is 32.8 Å². The fourth-order valence-corrected chi connectivity index (χ4v) is 1.36. The molecule has 2 fully saturated rings. The molecule has 0 atom stereocenters. The summed E-state index contributed by atoms with van der Waals surface area (Å²) in [5.41, 5.74) is 0.318. The lowest BCUT2D eigenvalue weighted by molar-refractivity contribution is 0.00244. The molecule has 0 saturated carbocycles. The molecular weight excluding hydrogens is 116 g/mol. The van der Waals surface area contributed by atoms with E-state index < -0.39 is 0 Å². The quantitative estimate of drug-likeness (QED) is 0.436. The largest absolute Gasteiger partial charge is 0.378 e. The summed E-state index contributed by atoms with van der Waals surface area (Å²) in [5.74, 6) is 0. The molecular formula is C6H12N2O. The Hall–Kier alpha value is -0.120. The molecule has 0 bridgehead atoms. The average Bonchev–Trinajstić information content (AvgIpc) is 1.87. The van der Waals surface area contributed by atoms with E-state index >= 15 is 0 Å². The number of nitrogens with one attached hydrogen (secondary N) is 2. The lowest BCUT2D eigenvalue weighted by atomic mass is 9.93. The number of hydrogen-bond acceptors (Lipinski definition) is 3. The summed E-state index contributed by atoms with van der Waals surface area (Å²) in [6.45, 7) is 4.93. The Bertz CT molecular complexity index is 104. The molecule has 52 valence electrons. The summed E-state index contributed by atoms with van der Waals surface area (Å²) >= 11 is 0. The highest BCUT2D eigenvalue weighted by molar-refractivity contribution is 5.01. The first kappa shape index (κ1) is 5.65. The number of rotatable bonds is 0. The van der Waals surface area contributed by atoms with Crippen molar-refractivity contribution in [1.29, 1.82) is 0 Å². The molecule has 0 radical (unpaired) electrons. The van der Waals surface area contributed by atoms with E-state index in [1.54, 1.807) is 0 Å². The van der Waals surface area contributed by atoms with E-state index in [0.29, 0.717) is 5.54 Å². The normalized spacial score (nSPS) is 32.0. The molecule has 9 heavy (non-hydrogen) atoms. The van der Waals surface area contributed by atoms with E-state index in [1.165, 1.54) is 0 Å². The second-order valence-electron chi connectivity index (χ2n) is 2.86. The van der Waals surface area contributed by atoms with Crippen LogP contribution in [0.25, 0.3) is 0 Å². The summed E-state index contributed by atoms with van der Waals surface area (Å²) in [5, 5.41) is 6.67. The topological polar surface area (TPSA) is 33.3 Å². The summed E-state index contributed by atoms with van der Waals surface area (Å²) < 4.78 is 5.32. The van der Waals surface area contributed by atoms with Crippen molar-refractivity contribution in [2.75, 3.05) is 32.8 Å². The number of hydrogen-bond donors (Lipinski definition) is 2. The van der Waals surface area contributed by atoms with Crippen LogP contribution in [0.15, 0.2) is 0 Å². The maximum atomic E-state index is 5.32. The lowest BCUT2D eigenvalue weighted by Gasteiger charge is -2.45. The highest BCUT2D eigenvalue weighted by atomic mass is 16.5. The zero-order chi connectivity index (χ0) is 6.16. The molecule has 2 heterocycles.